The van der Waals surface area contributed by atoms with Crippen LogP contribution in [0.1, 0.15) is 61.5 Å². The normalized spacial score (nSPS) is 15.0. The van der Waals surface area contributed by atoms with E-state index in [9.17, 15) is 16.8 Å². The molecule has 0 unspecified atom stereocenters. The highest BCUT2D eigenvalue weighted by molar-refractivity contribution is 7.93. The molecule has 0 radical (unpaired) electrons. The molecule has 17 heteroatoms. The maximum Gasteiger partial charge on any atom is 0.264 e. The molecule has 7 aromatic rings. The first-order valence-electron chi connectivity index (χ1n) is 17.0. The molecule has 0 atom stereocenters. The van der Waals surface area contributed by atoms with Crippen LogP contribution >= 0.6 is 11.6 Å². The van der Waals surface area contributed by atoms with Gasteiger partial charge >= 0.3 is 0 Å². The average Bonchev–Trinajstić information content (AvgIpc) is 3.49. The van der Waals surface area contributed by atoms with Crippen molar-refractivity contribution in [2.24, 2.45) is 0 Å². The Bertz CT molecular complexity index is 2630. The molecule has 2 N–H and O–H groups in total. The van der Waals surface area contributed by atoms with Crippen LogP contribution in [0.3, 0.4) is 0 Å². The van der Waals surface area contributed by atoms with E-state index in [0.29, 0.717) is 34.6 Å². The standard InChI is InChI=1S/C22H21N5O2S.C14H12ClN5O2S/c28-30(29,18-11-6-12-23-14-18)26-21-13-20(17-9-2-1-3-10-17)25-22-19(15-24-27(21)22)16-7-4-5-8-16;15-12-6-13(19-23(21,22)10-2-1-5-16-7-10)20-14(18-12)11(8-17-20)9-3-4-9/h1-3,6,9-16,26H,4-5,7-8H2;1-2,5-9,19H,3-4H2. The van der Waals surface area contributed by atoms with E-state index in [2.05, 4.69) is 34.6 Å². The number of hydrogen-bond acceptors (Lipinski definition) is 10. The van der Waals surface area contributed by atoms with Crippen LogP contribution in [-0.2, 0) is 20.0 Å². The molecule has 0 saturated heterocycles. The zero-order valence-electron chi connectivity index (χ0n) is 28.1. The molecule has 6 heterocycles. The molecular weight excluding hydrogens is 736 g/mol. The summed E-state index contributed by atoms with van der Waals surface area (Å²) in [4.78, 5) is 17.1. The summed E-state index contributed by atoms with van der Waals surface area (Å²) in [6, 6.07) is 19.0. The fourth-order valence-corrected chi connectivity index (χ4v) is 8.62. The van der Waals surface area contributed by atoms with Gasteiger partial charge in [-0.1, -0.05) is 54.8 Å². The van der Waals surface area contributed by atoms with Crippen LogP contribution in [0.15, 0.2) is 114 Å². The van der Waals surface area contributed by atoms with Crippen molar-refractivity contribution >= 4 is 54.6 Å². The highest BCUT2D eigenvalue weighted by Crippen LogP contribution is 2.42. The van der Waals surface area contributed by atoms with Gasteiger partial charge in [-0.15, -0.1) is 0 Å². The molecule has 6 aromatic heterocycles. The molecule has 1 aromatic carbocycles. The van der Waals surface area contributed by atoms with Crippen molar-refractivity contribution in [3.05, 3.63) is 120 Å². The van der Waals surface area contributed by atoms with Crippen molar-refractivity contribution in [3.63, 3.8) is 0 Å². The van der Waals surface area contributed by atoms with Crippen molar-refractivity contribution in [2.75, 3.05) is 9.44 Å². The van der Waals surface area contributed by atoms with Gasteiger partial charge in [0.25, 0.3) is 20.0 Å². The van der Waals surface area contributed by atoms with Crippen molar-refractivity contribution in [1.29, 1.82) is 0 Å². The number of anilines is 2. The van der Waals surface area contributed by atoms with Gasteiger partial charge in [0.15, 0.2) is 11.3 Å². The molecule has 2 aliphatic rings. The molecule has 2 aliphatic carbocycles. The SMILES string of the molecule is O=S(=O)(Nc1cc(-c2ccccc2)nc2c(C3CCCC3)cnn12)c1cccnc1.O=S(=O)(Nc1cc(Cl)nc2c(C3CC3)cnn12)c1cccnc1. The maximum atomic E-state index is 12.9. The number of pyridine rings is 2. The van der Waals surface area contributed by atoms with Crippen molar-refractivity contribution in [1.82, 2.24) is 39.2 Å². The molecule has 0 aliphatic heterocycles. The predicted octanol–water partition coefficient (Wildman–Crippen LogP) is 6.71. The van der Waals surface area contributed by atoms with E-state index in [0.717, 1.165) is 42.4 Å². The number of halogens is 1. The third-order valence-corrected chi connectivity index (χ3v) is 12.1. The first kappa shape index (κ1) is 34.6. The van der Waals surface area contributed by atoms with E-state index in [1.54, 1.807) is 35.1 Å². The quantitative estimate of drug-likeness (QED) is 0.150. The number of rotatable bonds is 9. The van der Waals surface area contributed by atoms with Crippen LogP contribution < -0.4 is 9.44 Å². The second-order valence-electron chi connectivity index (χ2n) is 12.9. The predicted molar refractivity (Wildman–Crippen MR) is 200 cm³/mol. The van der Waals surface area contributed by atoms with Crippen molar-refractivity contribution in [2.45, 2.75) is 60.2 Å². The Balaban J connectivity index is 0.000000156. The van der Waals surface area contributed by atoms with E-state index < -0.39 is 20.0 Å². The third-order valence-electron chi connectivity index (χ3n) is 9.22. The number of fused-ring (bicyclic) bond motifs is 2. The lowest BCUT2D eigenvalue weighted by molar-refractivity contribution is 0.598. The summed E-state index contributed by atoms with van der Waals surface area (Å²) in [7, 11) is -7.59. The number of nitrogens with zero attached hydrogens (tertiary/aromatic N) is 8. The number of hydrogen-bond donors (Lipinski definition) is 2. The summed E-state index contributed by atoms with van der Waals surface area (Å²) in [6.45, 7) is 0. The zero-order valence-corrected chi connectivity index (χ0v) is 30.5. The van der Waals surface area contributed by atoms with E-state index in [4.69, 9.17) is 16.6 Å². The van der Waals surface area contributed by atoms with Gasteiger partial charge in [-0.2, -0.15) is 19.2 Å². The summed E-state index contributed by atoms with van der Waals surface area (Å²) in [5.74, 6) is 1.44. The summed E-state index contributed by atoms with van der Waals surface area (Å²) < 4.78 is 59.0. The minimum absolute atomic E-state index is 0.0654. The molecule has 0 spiro atoms. The van der Waals surface area contributed by atoms with E-state index in [1.807, 2.05) is 36.5 Å². The lowest BCUT2D eigenvalue weighted by atomic mass is 10.0. The Morgan fingerprint density at radius 1 is 0.623 bits per heavy atom. The Kier molecular flexibility index (Phi) is 9.26. The summed E-state index contributed by atoms with van der Waals surface area (Å²) in [5.41, 5.74) is 4.98. The molecule has 2 saturated carbocycles. The Labute approximate surface area is 310 Å². The summed E-state index contributed by atoms with van der Waals surface area (Å²) >= 11 is 6.05. The van der Waals surface area contributed by atoms with Crippen LogP contribution in [0.2, 0.25) is 5.15 Å². The molecule has 14 nitrogen and oxygen atoms in total. The fourth-order valence-electron chi connectivity index (χ4n) is 6.44. The Hall–Kier alpha value is -5.45. The largest absolute Gasteiger partial charge is 0.264 e. The minimum Gasteiger partial charge on any atom is -0.263 e. The Morgan fingerprint density at radius 2 is 1.15 bits per heavy atom. The first-order valence-corrected chi connectivity index (χ1v) is 20.3. The van der Waals surface area contributed by atoms with Gasteiger partial charge in [-0.3, -0.25) is 19.4 Å². The van der Waals surface area contributed by atoms with Gasteiger partial charge in [0.2, 0.25) is 0 Å². The molecule has 0 amide bonds. The van der Waals surface area contributed by atoms with Crippen molar-refractivity contribution < 1.29 is 16.8 Å². The van der Waals surface area contributed by atoms with Gasteiger partial charge in [-0.05, 0) is 61.8 Å². The maximum absolute atomic E-state index is 12.9. The molecule has 9 rings (SSSR count). The van der Waals surface area contributed by atoms with Gasteiger partial charge in [0.1, 0.15) is 26.6 Å². The van der Waals surface area contributed by atoms with E-state index >= 15 is 0 Å². The van der Waals surface area contributed by atoms with Gasteiger partial charge in [0.05, 0.1) is 18.1 Å². The van der Waals surface area contributed by atoms with E-state index in [1.165, 1.54) is 54.1 Å². The first-order chi connectivity index (χ1) is 25.7. The van der Waals surface area contributed by atoms with Crippen LogP contribution in [0.4, 0.5) is 11.6 Å². The fraction of sp³-hybridized carbons (Fsp3) is 0.222. The van der Waals surface area contributed by atoms with E-state index in [-0.39, 0.29) is 20.8 Å². The highest BCUT2D eigenvalue weighted by Gasteiger charge is 2.29. The van der Waals surface area contributed by atoms with Crippen LogP contribution in [0.5, 0.6) is 0 Å². The van der Waals surface area contributed by atoms with Crippen LogP contribution in [0, 0.1) is 0 Å². The smallest absolute Gasteiger partial charge is 0.263 e. The number of benzene rings is 1. The van der Waals surface area contributed by atoms with Gasteiger partial charge in [0, 0.05) is 53.6 Å². The highest BCUT2D eigenvalue weighted by atomic mass is 35.5. The second-order valence-corrected chi connectivity index (χ2v) is 16.6. The topological polar surface area (TPSA) is 178 Å². The number of nitrogens with one attached hydrogen (secondary N) is 2. The summed E-state index contributed by atoms with van der Waals surface area (Å²) in [5, 5.41) is 8.95. The number of sulfonamides is 2. The molecule has 0 bridgehead atoms. The summed E-state index contributed by atoms with van der Waals surface area (Å²) in [6.07, 6.45) is 16.0. The van der Waals surface area contributed by atoms with Gasteiger partial charge in [-0.25, -0.2) is 26.8 Å². The lowest BCUT2D eigenvalue weighted by Gasteiger charge is -2.13. The molecule has 53 heavy (non-hydrogen) atoms. The minimum atomic E-state index is -3.81. The number of aromatic nitrogens is 8. The second kappa shape index (κ2) is 14.2. The van der Waals surface area contributed by atoms with Gasteiger partial charge < -0.3 is 0 Å². The average molecular weight is 769 g/mol. The van der Waals surface area contributed by atoms with Crippen LogP contribution in [0.25, 0.3) is 22.6 Å². The Morgan fingerprint density at radius 3 is 1.68 bits per heavy atom. The monoisotopic (exact) mass is 768 g/mol. The van der Waals surface area contributed by atoms with Crippen molar-refractivity contribution in [3.8, 4) is 11.3 Å². The van der Waals surface area contributed by atoms with Crippen LogP contribution in [-0.4, -0.2) is 56.0 Å². The molecular formula is C36H33ClN10O4S2. The third kappa shape index (κ3) is 7.29. The molecule has 2 fully saturated rings. The zero-order chi connectivity index (χ0) is 36.6. The molecule has 270 valence electrons. The lowest BCUT2D eigenvalue weighted by Crippen LogP contribution is -2.16.